The van der Waals surface area contributed by atoms with Crippen LogP contribution in [0.4, 0.5) is 5.69 Å². The van der Waals surface area contributed by atoms with Crippen LogP contribution in [0.25, 0.3) is 0 Å². The first-order valence-electron chi connectivity index (χ1n) is 5.93. The van der Waals surface area contributed by atoms with Gasteiger partial charge in [-0.05, 0) is 17.9 Å². The maximum atomic E-state index is 11.9. The van der Waals surface area contributed by atoms with Crippen LogP contribution in [0.5, 0.6) is 0 Å². The molecule has 0 aliphatic rings. The SMILES string of the molecule is COCCC(C)(C)CNC(=O)c1cnccc1N. The van der Waals surface area contributed by atoms with Crippen molar-refractivity contribution in [1.82, 2.24) is 10.3 Å². The molecule has 1 heterocycles. The fourth-order valence-electron chi connectivity index (χ4n) is 1.48. The highest BCUT2D eigenvalue weighted by Gasteiger charge is 2.19. The summed E-state index contributed by atoms with van der Waals surface area (Å²) in [5, 5.41) is 2.87. The van der Waals surface area contributed by atoms with Gasteiger partial charge in [-0.3, -0.25) is 9.78 Å². The van der Waals surface area contributed by atoms with E-state index in [1.165, 1.54) is 6.20 Å². The van der Waals surface area contributed by atoms with Crippen LogP contribution in [0.3, 0.4) is 0 Å². The highest BCUT2D eigenvalue weighted by molar-refractivity contribution is 5.98. The molecule has 0 atom stereocenters. The van der Waals surface area contributed by atoms with Gasteiger partial charge in [-0.15, -0.1) is 0 Å². The molecule has 0 fully saturated rings. The Balaban J connectivity index is 2.54. The Morgan fingerprint density at radius 3 is 2.89 bits per heavy atom. The lowest BCUT2D eigenvalue weighted by atomic mass is 9.89. The third-order valence-electron chi connectivity index (χ3n) is 2.81. The molecular weight excluding hydrogens is 230 g/mol. The summed E-state index contributed by atoms with van der Waals surface area (Å²) in [5.74, 6) is -0.189. The fourth-order valence-corrected chi connectivity index (χ4v) is 1.48. The van der Waals surface area contributed by atoms with Gasteiger partial charge < -0.3 is 15.8 Å². The van der Waals surface area contributed by atoms with Crippen LogP contribution >= 0.6 is 0 Å². The number of nitrogens with two attached hydrogens (primary N) is 1. The highest BCUT2D eigenvalue weighted by Crippen LogP contribution is 2.19. The lowest BCUT2D eigenvalue weighted by molar-refractivity contribution is 0.0921. The summed E-state index contributed by atoms with van der Waals surface area (Å²) >= 11 is 0. The van der Waals surface area contributed by atoms with E-state index in [0.717, 1.165) is 6.42 Å². The number of nitrogen functional groups attached to an aromatic ring is 1. The van der Waals surface area contributed by atoms with E-state index in [2.05, 4.69) is 24.1 Å². The number of hydrogen-bond acceptors (Lipinski definition) is 4. The van der Waals surface area contributed by atoms with Crippen molar-refractivity contribution in [2.75, 3.05) is 26.0 Å². The molecule has 5 nitrogen and oxygen atoms in total. The summed E-state index contributed by atoms with van der Waals surface area (Å²) in [4.78, 5) is 15.8. The van der Waals surface area contributed by atoms with Crippen LogP contribution in [0.15, 0.2) is 18.5 Å². The molecule has 1 aromatic rings. The third-order valence-corrected chi connectivity index (χ3v) is 2.81. The number of nitrogens with one attached hydrogen (secondary N) is 1. The second-order valence-electron chi connectivity index (χ2n) is 5.05. The van der Waals surface area contributed by atoms with Gasteiger partial charge in [0.15, 0.2) is 0 Å². The number of nitrogens with zero attached hydrogens (tertiary/aromatic N) is 1. The van der Waals surface area contributed by atoms with E-state index in [1.54, 1.807) is 19.4 Å². The number of rotatable bonds is 6. The number of aromatic nitrogens is 1. The Labute approximate surface area is 108 Å². The molecule has 0 saturated heterocycles. The number of pyridine rings is 1. The lowest BCUT2D eigenvalue weighted by Crippen LogP contribution is -2.35. The van der Waals surface area contributed by atoms with Crippen LogP contribution in [0.2, 0.25) is 0 Å². The van der Waals surface area contributed by atoms with E-state index >= 15 is 0 Å². The minimum absolute atomic E-state index is 0.0113. The summed E-state index contributed by atoms with van der Waals surface area (Å²) < 4.78 is 5.05. The molecule has 0 aliphatic heterocycles. The van der Waals surface area contributed by atoms with Crippen molar-refractivity contribution in [3.8, 4) is 0 Å². The standard InChI is InChI=1S/C13H21N3O2/c1-13(2,5-7-18-3)9-16-12(17)10-8-15-6-4-11(10)14/h4,6,8H,5,7,9H2,1-3H3,(H2,14,15)(H,16,17). The molecule has 5 heteroatoms. The molecule has 0 saturated carbocycles. The van der Waals surface area contributed by atoms with Crippen LogP contribution in [0, 0.1) is 5.41 Å². The second kappa shape index (κ2) is 6.35. The van der Waals surface area contributed by atoms with E-state index in [1.807, 2.05) is 0 Å². The van der Waals surface area contributed by atoms with Gasteiger partial charge >= 0.3 is 0 Å². The average molecular weight is 251 g/mol. The number of ether oxygens (including phenoxy) is 1. The van der Waals surface area contributed by atoms with Crippen molar-refractivity contribution < 1.29 is 9.53 Å². The van der Waals surface area contributed by atoms with Crippen molar-refractivity contribution in [1.29, 1.82) is 0 Å². The van der Waals surface area contributed by atoms with E-state index in [0.29, 0.717) is 24.4 Å². The quantitative estimate of drug-likeness (QED) is 0.802. The maximum absolute atomic E-state index is 11.9. The van der Waals surface area contributed by atoms with Gasteiger partial charge in [-0.2, -0.15) is 0 Å². The van der Waals surface area contributed by atoms with Crippen molar-refractivity contribution in [3.05, 3.63) is 24.0 Å². The van der Waals surface area contributed by atoms with Crippen LogP contribution in [-0.4, -0.2) is 31.2 Å². The number of hydrogen-bond donors (Lipinski definition) is 2. The molecule has 100 valence electrons. The topological polar surface area (TPSA) is 77.2 Å². The Morgan fingerprint density at radius 1 is 1.56 bits per heavy atom. The van der Waals surface area contributed by atoms with Crippen molar-refractivity contribution >= 4 is 11.6 Å². The third kappa shape index (κ3) is 4.33. The number of amides is 1. The van der Waals surface area contributed by atoms with E-state index < -0.39 is 0 Å². The minimum Gasteiger partial charge on any atom is -0.398 e. The van der Waals surface area contributed by atoms with Gasteiger partial charge in [-0.25, -0.2) is 0 Å². The smallest absolute Gasteiger partial charge is 0.254 e. The van der Waals surface area contributed by atoms with E-state index in [4.69, 9.17) is 10.5 Å². The number of carbonyl (C=O) groups excluding carboxylic acids is 1. The van der Waals surface area contributed by atoms with Gasteiger partial charge in [0, 0.05) is 38.3 Å². The van der Waals surface area contributed by atoms with Gasteiger partial charge in [0.25, 0.3) is 5.91 Å². The monoisotopic (exact) mass is 251 g/mol. The molecule has 1 amide bonds. The molecule has 1 rings (SSSR count). The lowest BCUT2D eigenvalue weighted by Gasteiger charge is -2.24. The first kappa shape index (κ1) is 14.4. The Hall–Kier alpha value is -1.62. The molecule has 18 heavy (non-hydrogen) atoms. The molecule has 0 aliphatic carbocycles. The fraction of sp³-hybridized carbons (Fsp3) is 0.538. The Morgan fingerprint density at radius 2 is 2.28 bits per heavy atom. The number of anilines is 1. The Bertz CT molecular complexity index is 405. The molecule has 0 bridgehead atoms. The molecule has 3 N–H and O–H groups in total. The van der Waals surface area contributed by atoms with Crippen LogP contribution < -0.4 is 11.1 Å². The van der Waals surface area contributed by atoms with E-state index in [-0.39, 0.29) is 11.3 Å². The summed E-state index contributed by atoms with van der Waals surface area (Å²) in [6.45, 7) is 5.42. The average Bonchev–Trinajstić information content (AvgIpc) is 2.34. The zero-order valence-corrected chi connectivity index (χ0v) is 11.2. The Kier molecular flexibility index (Phi) is 5.09. The minimum atomic E-state index is -0.189. The predicted octanol–water partition coefficient (Wildman–Crippen LogP) is 1.46. The van der Waals surface area contributed by atoms with Gasteiger partial charge in [-0.1, -0.05) is 13.8 Å². The first-order valence-corrected chi connectivity index (χ1v) is 5.93. The van der Waals surface area contributed by atoms with Gasteiger partial charge in [0.1, 0.15) is 0 Å². The summed E-state index contributed by atoms with van der Waals surface area (Å²) in [6, 6.07) is 1.62. The normalized spacial score (nSPS) is 11.3. The molecule has 0 spiro atoms. The zero-order chi connectivity index (χ0) is 13.6. The highest BCUT2D eigenvalue weighted by atomic mass is 16.5. The summed E-state index contributed by atoms with van der Waals surface area (Å²) in [5.41, 5.74) is 6.57. The summed E-state index contributed by atoms with van der Waals surface area (Å²) in [6.07, 6.45) is 3.92. The first-order chi connectivity index (χ1) is 8.46. The van der Waals surface area contributed by atoms with Crippen molar-refractivity contribution in [2.45, 2.75) is 20.3 Å². The van der Waals surface area contributed by atoms with Gasteiger partial charge in [0.2, 0.25) is 0 Å². The van der Waals surface area contributed by atoms with Crippen molar-refractivity contribution in [3.63, 3.8) is 0 Å². The zero-order valence-electron chi connectivity index (χ0n) is 11.2. The molecule has 0 aromatic carbocycles. The molecule has 0 radical (unpaired) electrons. The molecular formula is C13H21N3O2. The second-order valence-corrected chi connectivity index (χ2v) is 5.05. The molecule has 0 unspecified atom stereocenters. The largest absolute Gasteiger partial charge is 0.398 e. The van der Waals surface area contributed by atoms with E-state index in [9.17, 15) is 4.79 Å². The van der Waals surface area contributed by atoms with Crippen LogP contribution in [-0.2, 0) is 4.74 Å². The molecule has 1 aromatic heterocycles. The van der Waals surface area contributed by atoms with Crippen LogP contribution in [0.1, 0.15) is 30.6 Å². The predicted molar refractivity (Wildman–Crippen MR) is 71.3 cm³/mol. The van der Waals surface area contributed by atoms with Crippen molar-refractivity contribution in [2.24, 2.45) is 5.41 Å². The summed E-state index contributed by atoms with van der Waals surface area (Å²) in [7, 11) is 1.67. The van der Waals surface area contributed by atoms with Gasteiger partial charge in [0.05, 0.1) is 5.56 Å². The maximum Gasteiger partial charge on any atom is 0.254 e. The number of methoxy groups -OCH3 is 1. The number of carbonyl (C=O) groups is 1.